The van der Waals surface area contributed by atoms with Crippen LogP contribution >= 0.6 is 15.9 Å². The van der Waals surface area contributed by atoms with Crippen LogP contribution in [0.25, 0.3) is 0 Å². The van der Waals surface area contributed by atoms with E-state index in [-0.39, 0.29) is 0 Å². The Morgan fingerprint density at radius 2 is 1.84 bits per heavy atom. The van der Waals surface area contributed by atoms with Crippen LogP contribution in [0, 0.1) is 0 Å². The van der Waals surface area contributed by atoms with E-state index in [4.69, 9.17) is 10.5 Å². The number of halogens is 1. The van der Waals surface area contributed by atoms with Gasteiger partial charge in [0.1, 0.15) is 5.75 Å². The highest BCUT2D eigenvalue weighted by Crippen LogP contribution is 2.23. The van der Waals surface area contributed by atoms with Gasteiger partial charge in [0.25, 0.3) is 0 Å². The van der Waals surface area contributed by atoms with E-state index >= 15 is 0 Å². The molecule has 3 heteroatoms. The molecule has 19 heavy (non-hydrogen) atoms. The maximum absolute atomic E-state index is 5.82. The van der Waals surface area contributed by atoms with E-state index in [1.54, 1.807) is 0 Å². The van der Waals surface area contributed by atoms with E-state index in [1.165, 1.54) is 5.56 Å². The Hall–Kier alpha value is -1.32. The Morgan fingerprint density at radius 3 is 2.58 bits per heavy atom. The van der Waals surface area contributed by atoms with Crippen LogP contribution in [0.3, 0.4) is 0 Å². The first-order chi connectivity index (χ1) is 9.29. The van der Waals surface area contributed by atoms with Crippen LogP contribution in [0.15, 0.2) is 53.0 Å². The molecule has 2 aromatic rings. The maximum atomic E-state index is 5.82. The van der Waals surface area contributed by atoms with Gasteiger partial charge in [0.15, 0.2) is 0 Å². The fourth-order valence-corrected chi connectivity index (χ4v) is 2.27. The molecule has 0 heterocycles. The van der Waals surface area contributed by atoms with Crippen LogP contribution in [0.2, 0.25) is 0 Å². The van der Waals surface area contributed by atoms with Gasteiger partial charge < -0.3 is 10.5 Å². The fraction of sp³-hybridized carbons (Fsp3) is 0.250. The molecule has 2 rings (SSSR count). The van der Waals surface area contributed by atoms with Crippen molar-refractivity contribution in [3.8, 4) is 5.75 Å². The van der Waals surface area contributed by atoms with Crippen LogP contribution in [0.4, 0.5) is 0 Å². The monoisotopic (exact) mass is 319 g/mol. The van der Waals surface area contributed by atoms with Gasteiger partial charge in [0.05, 0.1) is 6.61 Å². The summed E-state index contributed by atoms with van der Waals surface area (Å²) < 4.78 is 6.84. The zero-order chi connectivity index (χ0) is 13.5. The minimum atomic E-state index is 0.501. The predicted octanol–water partition coefficient (Wildman–Crippen LogP) is 3.92. The highest BCUT2D eigenvalue weighted by molar-refractivity contribution is 9.10. The van der Waals surface area contributed by atoms with Gasteiger partial charge in [-0.2, -0.15) is 0 Å². The van der Waals surface area contributed by atoms with E-state index in [1.807, 2.05) is 24.3 Å². The molecule has 0 radical (unpaired) electrons. The highest BCUT2D eigenvalue weighted by Gasteiger charge is 2.03. The number of hydrogen-bond donors (Lipinski definition) is 1. The lowest BCUT2D eigenvalue weighted by Crippen LogP contribution is -2.04. The second kappa shape index (κ2) is 7.31. The third kappa shape index (κ3) is 4.37. The fourth-order valence-electron chi connectivity index (χ4n) is 1.93. The largest absolute Gasteiger partial charge is 0.493 e. The molecule has 0 aliphatic carbocycles. The third-order valence-corrected chi connectivity index (χ3v) is 3.45. The Morgan fingerprint density at radius 1 is 1.05 bits per heavy atom. The Bertz CT molecular complexity index is 513. The summed E-state index contributed by atoms with van der Waals surface area (Å²) in [6.07, 6.45) is 2.04. The van der Waals surface area contributed by atoms with Crippen molar-refractivity contribution in [2.45, 2.75) is 19.4 Å². The number of aryl methyl sites for hydroxylation is 1. The molecule has 0 atom stereocenters. The van der Waals surface area contributed by atoms with E-state index in [2.05, 4.69) is 40.2 Å². The number of rotatable bonds is 6. The van der Waals surface area contributed by atoms with Crippen LogP contribution < -0.4 is 10.5 Å². The molecule has 0 saturated carbocycles. The smallest absolute Gasteiger partial charge is 0.124 e. The number of ether oxygens (including phenoxy) is 1. The topological polar surface area (TPSA) is 35.2 Å². The van der Waals surface area contributed by atoms with Crippen LogP contribution in [-0.4, -0.2) is 6.61 Å². The first kappa shape index (κ1) is 14.1. The number of nitrogens with two attached hydrogens (primary N) is 1. The lowest BCUT2D eigenvalue weighted by Gasteiger charge is -2.11. The van der Waals surface area contributed by atoms with Gasteiger partial charge in [-0.05, 0) is 30.5 Å². The van der Waals surface area contributed by atoms with Gasteiger partial charge in [-0.1, -0.05) is 52.3 Å². The summed E-state index contributed by atoms with van der Waals surface area (Å²) in [5, 5.41) is 0. The average Bonchev–Trinajstić information content (AvgIpc) is 2.45. The minimum absolute atomic E-state index is 0.501. The normalized spacial score (nSPS) is 10.4. The Kier molecular flexibility index (Phi) is 5.43. The van der Waals surface area contributed by atoms with Gasteiger partial charge in [-0.3, -0.25) is 0 Å². The molecular weight excluding hydrogens is 302 g/mol. The molecule has 0 amide bonds. The molecule has 2 N–H and O–H groups in total. The molecule has 0 aliphatic rings. The molecule has 0 aliphatic heterocycles. The van der Waals surface area contributed by atoms with Gasteiger partial charge in [-0.25, -0.2) is 0 Å². The highest BCUT2D eigenvalue weighted by atomic mass is 79.9. The second-order valence-electron chi connectivity index (χ2n) is 4.39. The van der Waals surface area contributed by atoms with Crippen LogP contribution in [0.5, 0.6) is 5.75 Å². The molecule has 0 fully saturated rings. The molecule has 0 unspecified atom stereocenters. The Labute approximate surface area is 122 Å². The zero-order valence-corrected chi connectivity index (χ0v) is 12.4. The van der Waals surface area contributed by atoms with Gasteiger partial charge in [0, 0.05) is 16.6 Å². The van der Waals surface area contributed by atoms with Crippen molar-refractivity contribution >= 4 is 15.9 Å². The van der Waals surface area contributed by atoms with Crippen molar-refractivity contribution in [1.29, 1.82) is 0 Å². The summed E-state index contributed by atoms with van der Waals surface area (Å²) in [5.74, 6) is 0.880. The van der Waals surface area contributed by atoms with Crippen LogP contribution in [-0.2, 0) is 13.0 Å². The van der Waals surface area contributed by atoms with E-state index in [9.17, 15) is 0 Å². The van der Waals surface area contributed by atoms with E-state index in [0.717, 1.165) is 28.6 Å². The predicted molar refractivity (Wildman–Crippen MR) is 82.3 cm³/mol. The quantitative estimate of drug-likeness (QED) is 0.819. The first-order valence-corrected chi connectivity index (χ1v) is 7.24. The molecule has 2 nitrogen and oxygen atoms in total. The second-order valence-corrected chi connectivity index (χ2v) is 5.31. The van der Waals surface area contributed by atoms with E-state index in [0.29, 0.717) is 13.2 Å². The van der Waals surface area contributed by atoms with Gasteiger partial charge in [0.2, 0.25) is 0 Å². The SMILES string of the molecule is NCc1ccc(Br)cc1OCCCc1ccccc1. The summed E-state index contributed by atoms with van der Waals surface area (Å²) in [6, 6.07) is 16.4. The summed E-state index contributed by atoms with van der Waals surface area (Å²) in [4.78, 5) is 0. The van der Waals surface area contributed by atoms with Crippen LogP contribution in [0.1, 0.15) is 17.5 Å². The number of benzene rings is 2. The molecule has 0 aromatic heterocycles. The summed E-state index contributed by atoms with van der Waals surface area (Å²) >= 11 is 3.45. The van der Waals surface area contributed by atoms with Crippen molar-refractivity contribution in [1.82, 2.24) is 0 Å². The van der Waals surface area contributed by atoms with Crippen molar-refractivity contribution < 1.29 is 4.74 Å². The van der Waals surface area contributed by atoms with Crippen molar-refractivity contribution in [3.05, 3.63) is 64.1 Å². The molecule has 2 aromatic carbocycles. The third-order valence-electron chi connectivity index (χ3n) is 2.96. The summed E-state index contributed by atoms with van der Waals surface area (Å²) in [5.41, 5.74) is 8.09. The summed E-state index contributed by atoms with van der Waals surface area (Å²) in [6.45, 7) is 1.21. The van der Waals surface area contributed by atoms with Crippen molar-refractivity contribution in [2.75, 3.05) is 6.61 Å². The average molecular weight is 320 g/mol. The lowest BCUT2D eigenvalue weighted by molar-refractivity contribution is 0.308. The zero-order valence-electron chi connectivity index (χ0n) is 10.8. The summed E-state index contributed by atoms with van der Waals surface area (Å²) in [7, 11) is 0. The standard InChI is InChI=1S/C16H18BrNO/c17-15-9-8-14(12-18)16(11-15)19-10-4-7-13-5-2-1-3-6-13/h1-3,5-6,8-9,11H,4,7,10,12,18H2. The maximum Gasteiger partial charge on any atom is 0.124 e. The lowest BCUT2D eigenvalue weighted by atomic mass is 10.1. The molecule has 0 saturated heterocycles. The van der Waals surface area contributed by atoms with E-state index < -0.39 is 0 Å². The molecule has 100 valence electrons. The molecule has 0 bridgehead atoms. The first-order valence-electron chi connectivity index (χ1n) is 6.45. The van der Waals surface area contributed by atoms with Crippen molar-refractivity contribution in [2.24, 2.45) is 5.73 Å². The number of hydrogen-bond acceptors (Lipinski definition) is 2. The van der Waals surface area contributed by atoms with Gasteiger partial charge in [-0.15, -0.1) is 0 Å². The molecular formula is C16H18BrNO. The molecule has 0 spiro atoms. The Balaban J connectivity index is 1.84. The van der Waals surface area contributed by atoms with Crippen molar-refractivity contribution in [3.63, 3.8) is 0 Å². The minimum Gasteiger partial charge on any atom is -0.493 e. The van der Waals surface area contributed by atoms with Gasteiger partial charge >= 0.3 is 0 Å².